The Balaban J connectivity index is 1.51. The SMILES string of the molecule is O=C(c1ccc(Br)cc1)C1C2C(=O)N(c3ccc(Cl)cc3Cl)C(=O)C2C2C=Cc3ccc(Cl)cc3N21. The summed E-state index contributed by atoms with van der Waals surface area (Å²) >= 11 is 22.2. The van der Waals surface area contributed by atoms with Crippen molar-refractivity contribution in [2.24, 2.45) is 11.8 Å². The van der Waals surface area contributed by atoms with Gasteiger partial charge in [-0.2, -0.15) is 0 Å². The number of ketones is 1. The van der Waals surface area contributed by atoms with Gasteiger partial charge in [-0.15, -0.1) is 0 Å². The summed E-state index contributed by atoms with van der Waals surface area (Å²) in [7, 11) is 0. The molecule has 6 rings (SSSR count). The Kier molecular flexibility index (Phi) is 5.76. The molecule has 5 nitrogen and oxygen atoms in total. The van der Waals surface area contributed by atoms with Crippen molar-refractivity contribution < 1.29 is 14.4 Å². The molecule has 180 valence electrons. The van der Waals surface area contributed by atoms with Crippen LogP contribution >= 0.6 is 50.7 Å². The maximum Gasteiger partial charge on any atom is 0.240 e. The van der Waals surface area contributed by atoms with Gasteiger partial charge in [0.1, 0.15) is 6.04 Å². The van der Waals surface area contributed by atoms with E-state index in [0.29, 0.717) is 15.6 Å². The van der Waals surface area contributed by atoms with Gasteiger partial charge in [-0.1, -0.05) is 81.1 Å². The first-order valence-corrected chi connectivity index (χ1v) is 13.1. The fraction of sp³-hybridized carbons (Fsp3) is 0.148. The van der Waals surface area contributed by atoms with Crippen LogP contribution in [0.5, 0.6) is 0 Å². The molecule has 3 aromatic carbocycles. The van der Waals surface area contributed by atoms with Crippen LogP contribution in [0.2, 0.25) is 15.1 Å². The van der Waals surface area contributed by atoms with E-state index in [1.165, 1.54) is 6.07 Å². The lowest BCUT2D eigenvalue weighted by molar-refractivity contribution is -0.122. The van der Waals surface area contributed by atoms with E-state index < -0.39 is 35.7 Å². The smallest absolute Gasteiger partial charge is 0.240 e. The zero-order valence-corrected chi connectivity index (χ0v) is 22.2. The third-order valence-electron chi connectivity index (χ3n) is 7.02. The van der Waals surface area contributed by atoms with Crippen molar-refractivity contribution in [1.82, 2.24) is 0 Å². The quantitative estimate of drug-likeness (QED) is 0.248. The maximum atomic E-state index is 14.0. The first-order valence-electron chi connectivity index (χ1n) is 11.1. The van der Waals surface area contributed by atoms with Crippen molar-refractivity contribution >= 4 is 85.8 Å². The molecule has 0 bridgehead atoms. The number of carbonyl (C=O) groups is 3. The Hall–Kier alpha value is -2.64. The highest BCUT2D eigenvalue weighted by molar-refractivity contribution is 9.10. The van der Waals surface area contributed by atoms with Gasteiger partial charge in [0.05, 0.1) is 28.6 Å². The van der Waals surface area contributed by atoms with Crippen LogP contribution in [0.4, 0.5) is 11.4 Å². The molecule has 0 spiro atoms. The number of rotatable bonds is 3. The second kappa shape index (κ2) is 8.73. The van der Waals surface area contributed by atoms with Gasteiger partial charge >= 0.3 is 0 Å². The number of halogens is 4. The summed E-state index contributed by atoms with van der Waals surface area (Å²) in [5.74, 6) is -2.77. The first kappa shape index (κ1) is 23.7. The van der Waals surface area contributed by atoms with E-state index in [4.69, 9.17) is 34.8 Å². The molecule has 3 aliphatic rings. The zero-order chi connectivity index (χ0) is 25.3. The molecule has 0 aliphatic carbocycles. The van der Waals surface area contributed by atoms with E-state index in [1.54, 1.807) is 48.5 Å². The van der Waals surface area contributed by atoms with Crippen LogP contribution in [-0.4, -0.2) is 29.7 Å². The largest absolute Gasteiger partial charge is 0.352 e. The molecule has 0 N–H and O–H groups in total. The van der Waals surface area contributed by atoms with Gasteiger partial charge in [0.25, 0.3) is 0 Å². The average Bonchev–Trinajstić information content (AvgIpc) is 3.32. The van der Waals surface area contributed by atoms with E-state index in [1.807, 2.05) is 23.1 Å². The fourth-order valence-electron chi connectivity index (χ4n) is 5.52. The monoisotopic (exact) mass is 600 g/mol. The Labute approximate surface area is 230 Å². The minimum absolute atomic E-state index is 0.188. The second-order valence-corrected chi connectivity index (χ2v) is 11.1. The minimum Gasteiger partial charge on any atom is -0.352 e. The molecular weight excluding hydrogens is 587 g/mol. The summed E-state index contributed by atoms with van der Waals surface area (Å²) in [4.78, 5) is 44.8. The fourth-order valence-corrected chi connectivity index (χ4v) is 6.44. The molecule has 0 saturated carbocycles. The van der Waals surface area contributed by atoms with Crippen LogP contribution in [0.15, 0.2) is 71.2 Å². The number of imide groups is 1. The molecule has 2 fully saturated rings. The molecule has 2 amide bonds. The standard InChI is InChI=1S/C27H16BrCl3N2O3/c28-15-5-1-14(2-6-15)25(34)24-23-22(20-9-4-13-3-7-17(30)12-21(13)32(20)24)26(35)33(27(23)36)19-10-8-16(29)11-18(19)31/h1-12,20,22-24H. The molecule has 0 aromatic heterocycles. The van der Waals surface area contributed by atoms with Crippen molar-refractivity contribution in [2.45, 2.75) is 12.1 Å². The summed E-state index contributed by atoms with van der Waals surface area (Å²) in [6.45, 7) is 0. The van der Waals surface area contributed by atoms with Gasteiger partial charge in [-0.05, 0) is 48.0 Å². The number of Topliss-reactive ketones (excluding diaryl/α,β-unsaturated/α-hetero) is 1. The Morgan fingerprint density at radius 1 is 0.806 bits per heavy atom. The highest BCUT2D eigenvalue weighted by Crippen LogP contribution is 2.51. The van der Waals surface area contributed by atoms with E-state index in [9.17, 15) is 14.4 Å². The van der Waals surface area contributed by atoms with Gasteiger partial charge in [-0.25, -0.2) is 4.90 Å². The van der Waals surface area contributed by atoms with Gasteiger partial charge in [-0.3, -0.25) is 14.4 Å². The highest BCUT2D eigenvalue weighted by atomic mass is 79.9. The van der Waals surface area contributed by atoms with Crippen molar-refractivity contribution in [3.63, 3.8) is 0 Å². The summed E-state index contributed by atoms with van der Waals surface area (Å²) in [5.41, 5.74) is 2.29. The number of carbonyl (C=O) groups excluding carboxylic acids is 3. The summed E-state index contributed by atoms with van der Waals surface area (Å²) < 4.78 is 0.829. The Morgan fingerprint density at radius 3 is 2.19 bits per heavy atom. The van der Waals surface area contributed by atoms with Crippen LogP contribution < -0.4 is 9.80 Å². The van der Waals surface area contributed by atoms with Crippen LogP contribution in [0.3, 0.4) is 0 Å². The predicted octanol–water partition coefficient (Wildman–Crippen LogP) is 6.68. The Bertz CT molecular complexity index is 1490. The average molecular weight is 603 g/mol. The van der Waals surface area contributed by atoms with Crippen molar-refractivity contribution in [2.75, 3.05) is 9.80 Å². The topological polar surface area (TPSA) is 57.7 Å². The molecule has 4 unspecified atom stereocenters. The highest BCUT2D eigenvalue weighted by Gasteiger charge is 2.64. The lowest BCUT2D eigenvalue weighted by Crippen LogP contribution is -2.48. The normalized spacial score (nSPS) is 24.1. The molecule has 3 aliphatic heterocycles. The van der Waals surface area contributed by atoms with Crippen LogP contribution in [-0.2, 0) is 9.59 Å². The summed E-state index contributed by atoms with van der Waals surface area (Å²) in [6, 6.07) is 15.6. The van der Waals surface area contributed by atoms with Gasteiger partial charge in [0, 0.05) is 25.8 Å². The third kappa shape index (κ3) is 3.54. The third-order valence-corrected chi connectivity index (χ3v) is 8.32. The molecule has 2 saturated heterocycles. The van der Waals surface area contributed by atoms with Crippen LogP contribution in [0, 0.1) is 11.8 Å². The number of hydrogen-bond donors (Lipinski definition) is 0. The number of fused-ring (bicyclic) bond motifs is 5. The summed E-state index contributed by atoms with van der Waals surface area (Å²) in [5, 5.41) is 1.08. The number of anilines is 2. The maximum absolute atomic E-state index is 14.0. The molecule has 3 heterocycles. The Morgan fingerprint density at radius 2 is 1.47 bits per heavy atom. The van der Waals surface area contributed by atoms with Crippen LogP contribution in [0.1, 0.15) is 15.9 Å². The van der Waals surface area contributed by atoms with Crippen LogP contribution in [0.25, 0.3) is 6.08 Å². The molecule has 4 atom stereocenters. The molecule has 3 aromatic rings. The number of amides is 2. The van der Waals surface area contributed by atoms with Crippen molar-refractivity contribution in [1.29, 1.82) is 0 Å². The molecule has 9 heteroatoms. The van der Waals surface area contributed by atoms with Gasteiger partial charge in [0.2, 0.25) is 11.8 Å². The summed E-state index contributed by atoms with van der Waals surface area (Å²) in [6.07, 6.45) is 3.80. The lowest BCUT2D eigenvalue weighted by Gasteiger charge is -2.36. The van der Waals surface area contributed by atoms with E-state index in [-0.39, 0.29) is 16.5 Å². The zero-order valence-electron chi connectivity index (χ0n) is 18.4. The number of nitrogens with zero attached hydrogens (tertiary/aromatic N) is 2. The number of benzene rings is 3. The minimum atomic E-state index is -0.907. The van der Waals surface area contributed by atoms with Crippen molar-refractivity contribution in [3.8, 4) is 0 Å². The predicted molar refractivity (Wildman–Crippen MR) is 145 cm³/mol. The molecular formula is C27H16BrCl3N2O3. The van der Waals surface area contributed by atoms with Gasteiger partial charge in [0.15, 0.2) is 5.78 Å². The molecule has 36 heavy (non-hydrogen) atoms. The molecule has 0 radical (unpaired) electrons. The van der Waals surface area contributed by atoms with E-state index in [0.717, 1.165) is 20.6 Å². The lowest BCUT2D eigenvalue weighted by atomic mass is 9.86. The number of hydrogen-bond acceptors (Lipinski definition) is 4. The van der Waals surface area contributed by atoms with Gasteiger partial charge < -0.3 is 4.90 Å². The second-order valence-electron chi connectivity index (χ2n) is 8.94. The van der Waals surface area contributed by atoms with Crippen molar-refractivity contribution in [3.05, 3.63) is 97.4 Å². The van der Waals surface area contributed by atoms with E-state index >= 15 is 0 Å². The first-order chi connectivity index (χ1) is 17.3. The van der Waals surface area contributed by atoms with E-state index in [2.05, 4.69) is 15.9 Å².